The Morgan fingerprint density at radius 1 is 1.47 bits per heavy atom. The lowest BCUT2D eigenvalue weighted by molar-refractivity contribution is 0.720. The molecule has 1 atom stereocenters. The molecule has 0 bridgehead atoms. The van der Waals surface area contributed by atoms with E-state index in [1.54, 1.807) is 16.0 Å². The Kier molecular flexibility index (Phi) is 2.63. The van der Waals surface area contributed by atoms with Gasteiger partial charge in [-0.2, -0.15) is 5.10 Å². The van der Waals surface area contributed by atoms with Crippen molar-refractivity contribution in [2.45, 2.75) is 19.9 Å². The monoisotopic (exact) mass is 221 g/mol. The van der Waals surface area contributed by atoms with Crippen molar-refractivity contribution in [3.63, 3.8) is 0 Å². The van der Waals surface area contributed by atoms with Crippen LogP contribution >= 0.6 is 11.3 Å². The lowest BCUT2D eigenvalue weighted by Gasteiger charge is -2.04. The average Bonchev–Trinajstić information content (AvgIpc) is 2.74. The predicted molar refractivity (Wildman–Crippen MR) is 63.0 cm³/mol. The third-order valence-corrected chi connectivity index (χ3v) is 3.78. The fourth-order valence-electron chi connectivity index (χ4n) is 1.50. The van der Waals surface area contributed by atoms with E-state index in [2.05, 4.69) is 25.0 Å². The molecular formula is C11H15N3S. The summed E-state index contributed by atoms with van der Waals surface area (Å²) in [5, 5.41) is 4.32. The Hall–Kier alpha value is -1.13. The number of aryl methyl sites for hydroxylation is 3. The first kappa shape index (κ1) is 10.4. The molecule has 3 nitrogen and oxygen atoms in total. The van der Waals surface area contributed by atoms with Gasteiger partial charge >= 0.3 is 0 Å². The molecular weight excluding hydrogens is 206 g/mol. The van der Waals surface area contributed by atoms with Crippen LogP contribution in [0.3, 0.4) is 0 Å². The third kappa shape index (κ3) is 1.96. The number of hydrogen-bond donors (Lipinski definition) is 1. The first-order chi connectivity index (χ1) is 7.08. The summed E-state index contributed by atoms with van der Waals surface area (Å²) >= 11 is 1.75. The molecule has 0 saturated carbocycles. The average molecular weight is 221 g/mol. The molecule has 2 N–H and O–H groups in total. The van der Waals surface area contributed by atoms with E-state index >= 15 is 0 Å². The number of aromatic nitrogens is 2. The second-order valence-corrected chi connectivity index (χ2v) is 5.07. The van der Waals surface area contributed by atoms with E-state index in [0.29, 0.717) is 0 Å². The molecule has 2 aromatic heterocycles. The summed E-state index contributed by atoms with van der Waals surface area (Å²) in [4.78, 5) is 2.51. The molecule has 1 unspecified atom stereocenters. The lowest BCUT2D eigenvalue weighted by atomic mass is 10.1. The zero-order valence-electron chi connectivity index (χ0n) is 9.19. The summed E-state index contributed by atoms with van der Waals surface area (Å²) in [6.45, 7) is 4.23. The van der Waals surface area contributed by atoms with E-state index in [9.17, 15) is 0 Å². The highest BCUT2D eigenvalue weighted by molar-refractivity contribution is 7.12. The number of rotatable bonds is 2. The van der Waals surface area contributed by atoms with Gasteiger partial charge in [0.2, 0.25) is 0 Å². The van der Waals surface area contributed by atoms with Crippen molar-refractivity contribution in [3.8, 4) is 0 Å². The standard InChI is InChI=1S/C11H15N3S/c1-7-6-10(15-8(7)2)11(12)9-4-5-14(3)13-9/h4-6,11H,12H2,1-3H3. The number of nitrogens with zero attached hydrogens (tertiary/aromatic N) is 2. The normalized spacial score (nSPS) is 13.1. The van der Waals surface area contributed by atoms with Crippen LogP contribution in [0.5, 0.6) is 0 Å². The molecule has 80 valence electrons. The van der Waals surface area contributed by atoms with Crippen molar-refractivity contribution in [1.29, 1.82) is 0 Å². The van der Waals surface area contributed by atoms with Gasteiger partial charge in [0.05, 0.1) is 11.7 Å². The van der Waals surface area contributed by atoms with Gasteiger partial charge in [0.15, 0.2) is 0 Å². The zero-order valence-corrected chi connectivity index (χ0v) is 10.0. The molecule has 0 aromatic carbocycles. The van der Waals surface area contributed by atoms with Crippen molar-refractivity contribution in [3.05, 3.63) is 39.3 Å². The highest BCUT2D eigenvalue weighted by atomic mass is 32.1. The van der Waals surface area contributed by atoms with Crippen molar-refractivity contribution in [2.24, 2.45) is 12.8 Å². The summed E-state index contributed by atoms with van der Waals surface area (Å²) < 4.78 is 1.78. The molecule has 0 fully saturated rings. The second-order valence-electron chi connectivity index (χ2n) is 3.78. The quantitative estimate of drug-likeness (QED) is 0.844. The molecule has 0 amide bonds. The molecule has 4 heteroatoms. The second kappa shape index (κ2) is 3.79. The maximum absolute atomic E-state index is 6.15. The number of hydrogen-bond acceptors (Lipinski definition) is 3. The van der Waals surface area contributed by atoms with Gasteiger partial charge in [0.1, 0.15) is 0 Å². The van der Waals surface area contributed by atoms with E-state index in [0.717, 1.165) is 5.69 Å². The first-order valence-electron chi connectivity index (χ1n) is 4.90. The van der Waals surface area contributed by atoms with E-state index < -0.39 is 0 Å². The van der Waals surface area contributed by atoms with Crippen LogP contribution in [0, 0.1) is 13.8 Å². The predicted octanol–water partition coefficient (Wildman–Crippen LogP) is 2.15. The van der Waals surface area contributed by atoms with Crippen LogP contribution in [0.2, 0.25) is 0 Å². The third-order valence-electron chi connectivity index (χ3n) is 2.54. The zero-order chi connectivity index (χ0) is 11.0. The van der Waals surface area contributed by atoms with Crippen LogP contribution in [0.1, 0.15) is 27.1 Å². The Balaban J connectivity index is 2.31. The maximum atomic E-state index is 6.15. The Labute approximate surface area is 93.5 Å². The van der Waals surface area contributed by atoms with Gasteiger partial charge in [0.25, 0.3) is 0 Å². The number of nitrogens with two attached hydrogens (primary N) is 1. The van der Waals surface area contributed by atoms with Crippen LogP contribution in [-0.2, 0) is 7.05 Å². The minimum atomic E-state index is -0.0939. The highest BCUT2D eigenvalue weighted by Gasteiger charge is 2.14. The van der Waals surface area contributed by atoms with E-state index in [1.165, 1.54) is 15.3 Å². The molecule has 2 aromatic rings. The summed E-state index contributed by atoms with van der Waals surface area (Å²) in [5.41, 5.74) is 8.38. The summed E-state index contributed by atoms with van der Waals surface area (Å²) in [6, 6.07) is 4.03. The van der Waals surface area contributed by atoms with Crippen LogP contribution < -0.4 is 5.73 Å². The van der Waals surface area contributed by atoms with Gasteiger partial charge in [-0.25, -0.2) is 0 Å². The first-order valence-corrected chi connectivity index (χ1v) is 5.71. The van der Waals surface area contributed by atoms with Gasteiger partial charge < -0.3 is 5.73 Å². The minimum absolute atomic E-state index is 0.0939. The molecule has 0 aliphatic heterocycles. The molecule has 0 radical (unpaired) electrons. The van der Waals surface area contributed by atoms with Crippen LogP contribution in [0.25, 0.3) is 0 Å². The molecule has 0 saturated heterocycles. The lowest BCUT2D eigenvalue weighted by Crippen LogP contribution is -2.11. The maximum Gasteiger partial charge on any atom is 0.0845 e. The Bertz CT molecular complexity index is 450. The Morgan fingerprint density at radius 3 is 2.67 bits per heavy atom. The van der Waals surface area contributed by atoms with Gasteiger partial charge in [-0.05, 0) is 31.5 Å². The largest absolute Gasteiger partial charge is 0.318 e. The smallest absolute Gasteiger partial charge is 0.0845 e. The molecule has 0 aliphatic rings. The Morgan fingerprint density at radius 2 is 2.20 bits per heavy atom. The van der Waals surface area contributed by atoms with Crippen LogP contribution in [0.4, 0.5) is 0 Å². The summed E-state index contributed by atoms with van der Waals surface area (Å²) in [5.74, 6) is 0. The number of thiophene rings is 1. The van der Waals surface area contributed by atoms with Gasteiger partial charge in [-0.1, -0.05) is 0 Å². The van der Waals surface area contributed by atoms with Crippen LogP contribution in [-0.4, -0.2) is 9.78 Å². The van der Waals surface area contributed by atoms with Crippen molar-refractivity contribution < 1.29 is 0 Å². The minimum Gasteiger partial charge on any atom is -0.318 e. The van der Waals surface area contributed by atoms with Gasteiger partial charge in [-0.15, -0.1) is 11.3 Å². The van der Waals surface area contributed by atoms with Crippen molar-refractivity contribution >= 4 is 11.3 Å². The summed E-state index contributed by atoms with van der Waals surface area (Å²) in [7, 11) is 1.90. The molecule has 15 heavy (non-hydrogen) atoms. The van der Waals surface area contributed by atoms with Crippen molar-refractivity contribution in [1.82, 2.24) is 9.78 Å². The summed E-state index contributed by atoms with van der Waals surface area (Å²) in [6.07, 6.45) is 1.92. The molecule has 0 spiro atoms. The van der Waals surface area contributed by atoms with E-state index in [4.69, 9.17) is 5.73 Å². The van der Waals surface area contributed by atoms with Gasteiger partial charge in [0, 0.05) is 23.0 Å². The van der Waals surface area contributed by atoms with E-state index in [-0.39, 0.29) is 6.04 Å². The molecule has 0 aliphatic carbocycles. The SMILES string of the molecule is Cc1cc(C(N)c2ccn(C)n2)sc1C. The van der Waals surface area contributed by atoms with Crippen molar-refractivity contribution in [2.75, 3.05) is 0 Å². The van der Waals surface area contributed by atoms with Gasteiger partial charge in [-0.3, -0.25) is 4.68 Å². The topological polar surface area (TPSA) is 43.8 Å². The van der Waals surface area contributed by atoms with Crippen LogP contribution in [0.15, 0.2) is 18.3 Å². The fourth-order valence-corrected chi connectivity index (χ4v) is 2.56. The molecule has 2 rings (SSSR count). The fraction of sp³-hybridized carbons (Fsp3) is 0.364. The highest BCUT2D eigenvalue weighted by Crippen LogP contribution is 2.28. The van der Waals surface area contributed by atoms with E-state index in [1.807, 2.05) is 19.3 Å². The molecule has 2 heterocycles.